The Morgan fingerprint density at radius 3 is 1.88 bits per heavy atom. The maximum Gasteiger partial charge on any atom is 0.243 e. The quantitative estimate of drug-likeness (QED) is 0.427. The second-order valence-electron chi connectivity index (χ2n) is 6.21. The predicted octanol–water partition coefficient (Wildman–Crippen LogP) is 4.47. The molecule has 2 aromatic rings. The molecule has 0 aliphatic rings. The number of halogens is 3. The number of hydrogen-bond donors (Lipinski definition) is 0. The van der Waals surface area contributed by atoms with Crippen molar-refractivity contribution in [3.05, 3.63) is 50.5 Å². The summed E-state index contributed by atoms with van der Waals surface area (Å²) in [6.07, 6.45) is 0. The predicted molar refractivity (Wildman–Crippen MR) is 120 cm³/mol. The van der Waals surface area contributed by atoms with Crippen LogP contribution in [0.4, 0.5) is 0 Å². The molecular weight excluding hydrogens is 501 g/mol. The lowest BCUT2D eigenvalue weighted by atomic mass is 10.1. The summed E-state index contributed by atoms with van der Waals surface area (Å²) in [6.45, 7) is 0.750. The van der Waals surface area contributed by atoms with Crippen LogP contribution in [0.5, 0.6) is 11.5 Å². The number of nitrogens with zero attached hydrogens (tertiary/aromatic N) is 3. The normalized spacial score (nSPS) is 11.2. The second kappa shape index (κ2) is 11.7. The molecule has 0 heterocycles. The summed E-state index contributed by atoms with van der Waals surface area (Å²) in [4.78, 5) is 0.0236. The zero-order chi connectivity index (χ0) is 23.9. The number of sulfonamides is 1. The van der Waals surface area contributed by atoms with Crippen molar-refractivity contribution in [3.63, 3.8) is 0 Å². The third-order valence-electron chi connectivity index (χ3n) is 4.28. The smallest absolute Gasteiger partial charge is 0.243 e. The number of rotatable bonds is 10. The molecule has 0 spiro atoms. The zero-order valence-corrected chi connectivity index (χ0v) is 20.1. The summed E-state index contributed by atoms with van der Waals surface area (Å²) in [5.74, 6) is 0.0162. The van der Waals surface area contributed by atoms with Crippen molar-refractivity contribution in [2.24, 2.45) is 0 Å². The Morgan fingerprint density at radius 2 is 1.41 bits per heavy atom. The van der Waals surface area contributed by atoms with E-state index in [4.69, 9.17) is 49.0 Å². The van der Waals surface area contributed by atoms with Gasteiger partial charge in [0, 0.05) is 27.3 Å². The van der Waals surface area contributed by atoms with E-state index in [0.717, 1.165) is 0 Å². The Bertz CT molecular complexity index is 1150. The van der Waals surface area contributed by atoms with Gasteiger partial charge in [0.15, 0.2) is 5.75 Å². The van der Waals surface area contributed by atoms with E-state index in [2.05, 4.69) is 0 Å². The molecule has 0 unspecified atom stereocenters. The van der Waals surface area contributed by atoms with Gasteiger partial charge in [-0.25, -0.2) is 8.42 Å². The highest BCUT2D eigenvalue weighted by Gasteiger charge is 2.25. The van der Waals surface area contributed by atoms with Crippen LogP contribution >= 0.6 is 34.8 Å². The van der Waals surface area contributed by atoms with Gasteiger partial charge in [-0.05, 0) is 24.3 Å². The third kappa shape index (κ3) is 5.64. The number of hydrogen-bond acceptors (Lipinski definition) is 7. The molecule has 32 heavy (non-hydrogen) atoms. The minimum Gasteiger partial charge on any atom is -0.454 e. The van der Waals surface area contributed by atoms with Crippen LogP contribution in [0.1, 0.15) is 11.1 Å². The Hall–Kier alpha value is -2.08. The first-order valence-corrected chi connectivity index (χ1v) is 11.6. The lowest BCUT2D eigenvalue weighted by Crippen LogP contribution is -2.36. The molecule has 8 nitrogen and oxygen atoms in total. The van der Waals surface area contributed by atoms with Crippen molar-refractivity contribution in [1.29, 1.82) is 10.5 Å². The lowest BCUT2D eigenvalue weighted by Gasteiger charge is -2.21. The molecule has 0 atom stereocenters. The monoisotopic (exact) mass is 517 g/mol. The first kappa shape index (κ1) is 26.2. The van der Waals surface area contributed by atoms with Gasteiger partial charge in [0.05, 0.1) is 33.7 Å². The van der Waals surface area contributed by atoms with Crippen molar-refractivity contribution in [1.82, 2.24) is 4.31 Å². The molecule has 12 heteroatoms. The van der Waals surface area contributed by atoms with Gasteiger partial charge in [-0.1, -0.05) is 34.8 Å². The molecule has 0 aromatic heterocycles. The maximum atomic E-state index is 13.0. The molecule has 2 rings (SSSR count). The minimum absolute atomic E-state index is 0.0236. The first-order valence-electron chi connectivity index (χ1n) is 8.99. The standard InChI is InChI=1S/C20H18Cl3N3O5S/c1-29-9-7-26(8-10-30-2)32(27,28)14-5-3-13(4-6-14)31-20-16(12-25)15(11-24)17(21)18(22)19(20)23/h3-6H,7-10H2,1-2H3. The fraction of sp³-hybridized carbons (Fsp3) is 0.300. The molecule has 0 N–H and O–H groups in total. The summed E-state index contributed by atoms with van der Waals surface area (Å²) in [7, 11) is -0.860. The zero-order valence-electron chi connectivity index (χ0n) is 17.1. The van der Waals surface area contributed by atoms with Gasteiger partial charge in [-0.15, -0.1) is 0 Å². The number of nitriles is 2. The fourth-order valence-electron chi connectivity index (χ4n) is 2.63. The number of ether oxygens (including phenoxy) is 3. The minimum atomic E-state index is -3.82. The van der Waals surface area contributed by atoms with E-state index in [9.17, 15) is 18.9 Å². The molecule has 0 radical (unpaired) electrons. The SMILES string of the molecule is COCCN(CCOC)S(=O)(=O)c1ccc(Oc2c(Cl)c(Cl)c(Cl)c(C#N)c2C#N)cc1. The molecule has 0 saturated heterocycles. The van der Waals surface area contributed by atoms with Crippen LogP contribution in [0.25, 0.3) is 0 Å². The van der Waals surface area contributed by atoms with Crippen LogP contribution < -0.4 is 4.74 Å². The van der Waals surface area contributed by atoms with Gasteiger partial charge in [0.2, 0.25) is 10.0 Å². The van der Waals surface area contributed by atoms with E-state index >= 15 is 0 Å². The van der Waals surface area contributed by atoms with Crippen molar-refractivity contribution in [3.8, 4) is 23.6 Å². The van der Waals surface area contributed by atoms with Crippen molar-refractivity contribution in [2.45, 2.75) is 4.90 Å². The Balaban J connectivity index is 2.39. The molecule has 0 bridgehead atoms. The number of methoxy groups -OCH3 is 2. The summed E-state index contributed by atoms with van der Waals surface area (Å²) < 4.78 is 42.8. The van der Waals surface area contributed by atoms with E-state index in [1.54, 1.807) is 6.07 Å². The molecule has 0 aliphatic heterocycles. The van der Waals surface area contributed by atoms with Crippen LogP contribution in [0.15, 0.2) is 29.2 Å². The van der Waals surface area contributed by atoms with Crippen molar-refractivity contribution in [2.75, 3.05) is 40.5 Å². The summed E-state index contributed by atoms with van der Waals surface area (Å²) in [5.41, 5.74) is -0.362. The molecule has 0 amide bonds. The number of benzene rings is 2. The highest BCUT2D eigenvalue weighted by molar-refractivity contribution is 7.89. The van der Waals surface area contributed by atoms with Gasteiger partial charge in [0.25, 0.3) is 0 Å². The molecule has 2 aromatic carbocycles. The van der Waals surface area contributed by atoms with E-state index in [1.807, 2.05) is 6.07 Å². The largest absolute Gasteiger partial charge is 0.454 e. The fourth-order valence-corrected chi connectivity index (χ4v) is 4.73. The Morgan fingerprint density at radius 1 is 0.875 bits per heavy atom. The average molecular weight is 519 g/mol. The molecular formula is C20H18Cl3N3O5S. The van der Waals surface area contributed by atoms with Crippen LogP contribution in [0.2, 0.25) is 15.1 Å². The first-order chi connectivity index (χ1) is 15.2. The van der Waals surface area contributed by atoms with Gasteiger partial charge >= 0.3 is 0 Å². The van der Waals surface area contributed by atoms with E-state index in [-0.39, 0.29) is 68.9 Å². The van der Waals surface area contributed by atoms with Crippen molar-refractivity contribution < 1.29 is 22.6 Å². The summed E-state index contributed by atoms with van der Waals surface area (Å²) >= 11 is 18.2. The molecule has 170 valence electrons. The lowest BCUT2D eigenvalue weighted by molar-refractivity contribution is 0.150. The van der Waals surface area contributed by atoms with Crippen molar-refractivity contribution >= 4 is 44.8 Å². The molecule has 0 aliphatic carbocycles. The summed E-state index contributed by atoms with van der Waals surface area (Å²) in [6, 6.07) is 9.11. The van der Waals surface area contributed by atoms with Gasteiger partial charge in [-0.3, -0.25) is 0 Å². The van der Waals surface area contributed by atoms with E-state index < -0.39 is 10.0 Å². The van der Waals surface area contributed by atoms with Gasteiger partial charge in [-0.2, -0.15) is 14.8 Å². The topological polar surface area (TPSA) is 113 Å². The van der Waals surface area contributed by atoms with Gasteiger partial charge < -0.3 is 14.2 Å². The van der Waals surface area contributed by atoms with Crippen LogP contribution in [0, 0.1) is 22.7 Å². The van der Waals surface area contributed by atoms with Crippen LogP contribution in [-0.2, 0) is 19.5 Å². The Kier molecular flexibility index (Phi) is 9.56. The maximum absolute atomic E-state index is 13.0. The summed E-state index contributed by atoms with van der Waals surface area (Å²) in [5, 5.41) is 18.3. The average Bonchev–Trinajstić information content (AvgIpc) is 2.79. The second-order valence-corrected chi connectivity index (χ2v) is 9.28. The van der Waals surface area contributed by atoms with Crippen LogP contribution in [-0.4, -0.2) is 53.2 Å². The molecule has 0 saturated carbocycles. The van der Waals surface area contributed by atoms with E-state index in [0.29, 0.717) is 0 Å². The molecule has 0 fully saturated rings. The van der Waals surface area contributed by atoms with E-state index in [1.165, 1.54) is 42.8 Å². The van der Waals surface area contributed by atoms with Gasteiger partial charge in [0.1, 0.15) is 28.5 Å². The van der Waals surface area contributed by atoms with Crippen LogP contribution in [0.3, 0.4) is 0 Å². The highest BCUT2D eigenvalue weighted by atomic mass is 35.5. The third-order valence-corrected chi connectivity index (χ3v) is 7.50. The highest BCUT2D eigenvalue weighted by Crippen LogP contribution is 2.44. The Labute approximate surface area is 201 Å².